The summed E-state index contributed by atoms with van der Waals surface area (Å²) in [5.74, 6) is -0.400. The smallest absolute Gasteiger partial charge is 0.206 e. The molecule has 2 aromatic carbocycles. The van der Waals surface area contributed by atoms with Crippen LogP contribution in [-0.4, -0.2) is 24.8 Å². The molecule has 0 N–H and O–H groups in total. The average Bonchev–Trinajstić information content (AvgIpc) is 2.94. The van der Waals surface area contributed by atoms with Crippen molar-refractivity contribution in [3.05, 3.63) is 71.5 Å². The van der Waals surface area contributed by atoms with E-state index in [1.54, 1.807) is 18.2 Å². The van der Waals surface area contributed by atoms with Crippen LogP contribution in [0, 0.1) is 5.82 Å². The fraction of sp³-hybridized carbons (Fsp3) is 0.188. The highest BCUT2D eigenvalue weighted by molar-refractivity contribution is 7.88. The van der Waals surface area contributed by atoms with Crippen molar-refractivity contribution in [3.8, 4) is 0 Å². The lowest BCUT2D eigenvalue weighted by molar-refractivity contribution is 0.375. The highest BCUT2D eigenvalue weighted by atomic mass is 32.2. The first-order valence-corrected chi connectivity index (χ1v) is 8.68. The van der Waals surface area contributed by atoms with Crippen LogP contribution in [0.5, 0.6) is 0 Å². The van der Waals surface area contributed by atoms with E-state index in [9.17, 15) is 12.8 Å². The number of halogens is 1. The molecule has 0 aliphatic carbocycles. The van der Waals surface area contributed by atoms with E-state index in [4.69, 9.17) is 0 Å². The molecular weight excluding hydrogens is 303 g/mol. The second kappa shape index (κ2) is 5.53. The number of hydrogen-bond donors (Lipinski definition) is 0. The van der Waals surface area contributed by atoms with Gasteiger partial charge in [0.15, 0.2) is 0 Å². The maximum atomic E-state index is 13.9. The van der Waals surface area contributed by atoms with E-state index in [0.29, 0.717) is 17.7 Å². The van der Waals surface area contributed by atoms with Crippen LogP contribution >= 0.6 is 0 Å². The Balaban J connectivity index is 2.04. The van der Waals surface area contributed by atoms with Crippen molar-refractivity contribution < 1.29 is 12.8 Å². The van der Waals surface area contributed by atoms with E-state index >= 15 is 0 Å². The Bertz CT molecular complexity index is 819. The second-order valence-electron chi connectivity index (χ2n) is 5.19. The van der Waals surface area contributed by atoms with Gasteiger partial charge in [0.1, 0.15) is 5.82 Å². The molecule has 0 spiro atoms. The molecule has 3 rings (SSSR count). The summed E-state index contributed by atoms with van der Waals surface area (Å²) in [6.45, 7) is 0. The van der Waals surface area contributed by atoms with E-state index in [1.807, 2.05) is 30.3 Å². The normalized spacial score (nSPS) is 18.4. The van der Waals surface area contributed by atoms with Gasteiger partial charge in [-0.15, -0.1) is 0 Å². The van der Waals surface area contributed by atoms with Gasteiger partial charge < -0.3 is 0 Å². The third kappa shape index (κ3) is 2.74. The molecule has 4 nitrogen and oxygen atoms in total. The summed E-state index contributed by atoms with van der Waals surface area (Å²) in [5.41, 5.74) is 1.62. The van der Waals surface area contributed by atoms with Gasteiger partial charge >= 0.3 is 0 Å². The minimum atomic E-state index is -3.53. The Hall–Kier alpha value is -2.21. The van der Waals surface area contributed by atoms with Gasteiger partial charge in [0, 0.05) is 12.0 Å². The fourth-order valence-electron chi connectivity index (χ4n) is 2.58. The SMILES string of the molecule is CS(=O)(=O)N1N=C(c2ccccc2F)C[C@@H]1c1ccccc1. The Labute approximate surface area is 128 Å². The van der Waals surface area contributed by atoms with Crippen molar-refractivity contribution in [3.63, 3.8) is 0 Å². The van der Waals surface area contributed by atoms with Crippen molar-refractivity contribution >= 4 is 15.7 Å². The predicted octanol–water partition coefficient (Wildman–Crippen LogP) is 2.94. The van der Waals surface area contributed by atoms with Crippen LogP contribution < -0.4 is 0 Å². The third-order valence-corrected chi connectivity index (χ3v) is 4.60. The summed E-state index contributed by atoms with van der Waals surface area (Å²) in [6.07, 6.45) is 1.45. The predicted molar refractivity (Wildman–Crippen MR) is 83.4 cm³/mol. The van der Waals surface area contributed by atoms with Gasteiger partial charge in [-0.25, -0.2) is 12.8 Å². The van der Waals surface area contributed by atoms with Crippen molar-refractivity contribution in [1.82, 2.24) is 4.41 Å². The van der Waals surface area contributed by atoms with Crippen LogP contribution in [0.15, 0.2) is 59.7 Å². The monoisotopic (exact) mass is 318 g/mol. The maximum Gasteiger partial charge on any atom is 0.247 e. The quantitative estimate of drug-likeness (QED) is 0.873. The van der Waals surface area contributed by atoms with Crippen molar-refractivity contribution in [2.45, 2.75) is 12.5 Å². The Morgan fingerprint density at radius 1 is 1.09 bits per heavy atom. The molecule has 1 heterocycles. The third-order valence-electron chi connectivity index (χ3n) is 3.58. The molecule has 0 saturated carbocycles. The first-order valence-electron chi connectivity index (χ1n) is 6.83. The van der Waals surface area contributed by atoms with Gasteiger partial charge in [-0.2, -0.15) is 9.52 Å². The van der Waals surface area contributed by atoms with Gasteiger partial charge in [0.2, 0.25) is 10.0 Å². The van der Waals surface area contributed by atoms with Gasteiger partial charge in [-0.05, 0) is 11.6 Å². The largest absolute Gasteiger partial charge is 0.247 e. The molecule has 1 atom stereocenters. The maximum absolute atomic E-state index is 13.9. The number of hydrazone groups is 1. The van der Waals surface area contributed by atoms with E-state index in [-0.39, 0.29) is 0 Å². The zero-order valence-corrected chi connectivity index (χ0v) is 12.8. The Kier molecular flexibility index (Phi) is 3.70. The average molecular weight is 318 g/mol. The van der Waals surface area contributed by atoms with Gasteiger partial charge in [-0.1, -0.05) is 48.5 Å². The fourth-order valence-corrected chi connectivity index (χ4v) is 3.48. The lowest BCUT2D eigenvalue weighted by Gasteiger charge is -2.21. The Morgan fingerprint density at radius 2 is 1.73 bits per heavy atom. The highest BCUT2D eigenvalue weighted by Gasteiger charge is 2.34. The molecule has 6 heteroatoms. The van der Waals surface area contributed by atoms with Gasteiger partial charge in [-0.3, -0.25) is 0 Å². The van der Waals surface area contributed by atoms with Crippen molar-refractivity contribution in [1.29, 1.82) is 0 Å². The molecule has 0 bridgehead atoms. The molecule has 1 aliphatic heterocycles. The summed E-state index contributed by atoms with van der Waals surface area (Å²) in [5, 5.41) is 4.17. The zero-order chi connectivity index (χ0) is 15.7. The number of nitrogens with zero attached hydrogens (tertiary/aromatic N) is 2. The van der Waals surface area contributed by atoms with Crippen LogP contribution in [0.4, 0.5) is 4.39 Å². The zero-order valence-electron chi connectivity index (χ0n) is 12.0. The first kappa shape index (κ1) is 14.7. The molecule has 0 radical (unpaired) electrons. The van der Waals surface area contributed by atoms with Gasteiger partial charge in [0.25, 0.3) is 0 Å². The number of hydrogen-bond acceptors (Lipinski definition) is 3. The highest BCUT2D eigenvalue weighted by Crippen LogP contribution is 2.34. The summed E-state index contributed by atoms with van der Waals surface area (Å²) >= 11 is 0. The molecule has 0 fully saturated rings. The number of benzene rings is 2. The van der Waals surface area contributed by atoms with E-state index in [1.165, 1.54) is 6.07 Å². The number of rotatable bonds is 3. The minimum Gasteiger partial charge on any atom is -0.206 e. The topological polar surface area (TPSA) is 49.7 Å². The lowest BCUT2D eigenvalue weighted by Crippen LogP contribution is -2.25. The molecule has 1 aliphatic rings. The van der Waals surface area contributed by atoms with Crippen LogP contribution in [0.25, 0.3) is 0 Å². The number of sulfonamides is 1. The van der Waals surface area contributed by atoms with E-state index < -0.39 is 21.9 Å². The van der Waals surface area contributed by atoms with Gasteiger partial charge in [0.05, 0.1) is 18.0 Å². The second-order valence-corrected chi connectivity index (χ2v) is 7.03. The van der Waals surface area contributed by atoms with Crippen LogP contribution in [0.1, 0.15) is 23.6 Å². The van der Waals surface area contributed by atoms with E-state index in [0.717, 1.165) is 16.2 Å². The van der Waals surface area contributed by atoms with Crippen LogP contribution in [0.2, 0.25) is 0 Å². The molecule has 0 saturated heterocycles. The lowest BCUT2D eigenvalue weighted by atomic mass is 9.99. The minimum absolute atomic E-state index is 0.342. The molecule has 114 valence electrons. The molecule has 0 unspecified atom stereocenters. The van der Waals surface area contributed by atoms with Crippen molar-refractivity contribution in [2.24, 2.45) is 5.10 Å². The van der Waals surface area contributed by atoms with Crippen LogP contribution in [0.3, 0.4) is 0 Å². The molecule has 2 aromatic rings. The summed E-state index contributed by atoms with van der Waals surface area (Å²) in [7, 11) is -3.53. The standard InChI is InChI=1S/C16H15FN2O2S/c1-22(20,21)19-16(12-7-3-2-4-8-12)11-15(18-19)13-9-5-6-10-14(13)17/h2-10,16H,11H2,1H3/t16-/m1/s1. The summed E-state index contributed by atoms with van der Waals surface area (Å²) in [6, 6.07) is 15.1. The van der Waals surface area contributed by atoms with Crippen molar-refractivity contribution in [2.75, 3.05) is 6.26 Å². The Morgan fingerprint density at radius 3 is 2.36 bits per heavy atom. The van der Waals surface area contributed by atoms with E-state index in [2.05, 4.69) is 5.10 Å². The van der Waals surface area contributed by atoms with Crippen LogP contribution in [-0.2, 0) is 10.0 Å². The first-order chi connectivity index (χ1) is 10.5. The summed E-state index contributed by atoms with van der Waals surface area (Å²) in [4.78, 5) is 0. The molecule has 22 heavy (non-hydrogen) atoms. The molecular formula is C16H15FN2O2S. The molecule has 0 amide bonds. The summed E-state index contributed by atoms with van der Waals surface area (Å²) < 4.78 is 39.0. The molecule has 0 aromatic heterocycles.